The van der Waals surface area contributed by atoms with E-state index < -0.39 is 0 Å². The van der Waals surface area contributed by atoms with Gasteiger partial charge in [0.1, 0.15) is 12.1 Å². The number of aromatic nitrogens is 2. The summed E-state index contributed by atoms with van der Waals surface area (Å²) in [4.78, 5) is 10.9. The number of nitrogens with zero attached hydrogens (tertiary/aromatic N) is 3. The molecule has 1 aliphatic heterocycles. The molecule has 0 unspecified atom stereocenters. The molecule has 0 atom stereocenters. The van der Waals surface area contributed by atoms with Gasteiger partial charge in [0.15, 0.2) is 0 Å². The quantitative estimate of drug-likeness (QED) is 0.753. The number of ether oxygens (including phenoxy) is 1. The lowest BCUT2D eigenvalue weighted by Crippen LogP contribution is -2.21. The van der Waals surface area contributed by atoms with Crippen molar-refractivity contribution in [2.24, 2.45) is 0 Å². The maximum atomic E-state index is 5.12. The van der Waals surface area contributed by atoms with Crippen LogP contribution < -0.4 is 4.90 Å². The number of hydrogen-bond donors (Lipinski definition) is 0. The van der Waals surface area contributed by atoms with E-state index in [9.17, 15) is 0 Å². The lowest BCUT2D eigenvalue weighted by Gasteiger charge is -2.19. The van der Waals surface area contributed by atoms with Crippen LogP contribution in [0.15, 0.2) is 6.33 Å². The van der Waals surface area contributed by atoms with Gasteiger partial charge in [-0.25, -0.2) is 9.97 Å². The van der Waals surface area contributed by atoms with Crippen molar-refractivity contribution >= 4 is 5.82 Å². The van der Waals surface area contributed by atoms with Gasteiger partial charge >= 0.3 is 0 Å². The number of rotatable bonds is 3. The van der Waals surface area contributed by atoms with Crippen LogP contribution in [0.3, 0.4) is 0 Å². The monoisotopic (exact) mass is 207 g/mol. The minimum atomic E-state index is 0.565. The second-order valence-corrected chi connectivity index (χ2v) is 3.90. The predicted molar refractivity (Wildman–Crippen MR) is 58.9 cm³/mol. The molecule has 1 saturated heterocycles. The number of methoxy groups -OCH3 is 1. The lowest BCUT2D eigenvalue weighted by molar-refractivity contribution is 0.181. The van der Waals surface area contributed by atoms with Crippen LogP contribution in [0.25, 0.3) is 0 Å². The second kappa shape index (κ2) is 4.57. The van der Waals surface area contributed by atoms with Crippen molar-refractivity contribution < 1.29 is 4.74 Å². The van der Waals surface area contributed by atoms with Gasteiger partial charge in [-0.3, -0.25) is 0 Å². The zero-order valence-corrected chi connectivity index (χ0v) is 9.36. The van der Waals surface area contributed by atoms with Crippen LogP contribution >= 0.6 is 0 Å². The van der Waals surface area contributed by atoms with Gasteiger partial charge in [-0.1, -0.05) is 0 Å². The Bertz CT molecular complexity index is 335. The highest BCUT2D eigenvalue weighted by Gasteiger charge is 2.17. The average molecular weight is 207 g/mol. The molecule has 0 aromatic carbocycles. The Morgan fingerprint density at radius 2 is 2.07 bits per heavy atom. The normalized spacial score (nSPS) is 16.0. The summed E-state index contributed by atoms with van der Waals surface area (Å²) in [7, 11) is 1.69. The molecule has 4 heteroatoms. The van der Waals surface area contributed by atoms with Crippen LogP contribution in [-0.4, -0.2) is 30.2 Å². The molecule has 1 aromatic heterocycles. The fraction of sp³-hybridized carbons (Fsp3) is 0.636. The maximum absolute atomic E-state index is 5.12. The Labute approximate surface area is 90.3 Å². The summed E-state index contributed by atoms with van der Waals surface area (Å²) in [5.41, 5.74) is 2.15. The highest BCUT2D eigenvalue weighted by molar-refractivity contribution is 5.48. The van der Waals surface area contributed by atoms with Crippen LogP contribution in [-0.2, 0) is 11.3 Å². The van der Waals surface area contributed by atoms with Crippen molar-refractivity contribution in [2.75, 3.05) is 25.1 Å². The van der Waals surface area contributed by atoms with Crippen LogP contribution in [0.5, 0.6) is 0 Å². The SMILES string of the molecule is COCc1ncnc(N2CCCC2)c1C. The molecule has 0 radical (unpaired) electrons. The van der Waals surface area contributed by atoms with E-state index in [1.54, 1.807) is 13.4 Å². The van der Waals surface area contributed by atoms with Crippen molar-refractivity contribution in [1.82, 2.24) is 9.97 Å². The van der Waals surface area contributed by atoms with Crippen LogP contribution in [0.2, 0.25) is 0 Å². The molecule has 0 spiro atoms. The molecule has 0 N–H and O–H groups in total. The summed E-state index contributed by atoms with van der Waals surface area (Å²) in [6, 6.07) is 0. The summed E-state index contributed by atoms with van der Waals surface area (Å²) < 4.78 is 5.12. The van der Waals surface area contributed by atoms with Gasteiger partial charge < -0.3 is 9.64 Å². The number of hydrogen-bond acceptors (Lipinski definition) is 4. The van der Waals surface area contributed by atoms with Gasteiger partial charge in [0.2, 0.25) is 0 Å². The molecule has 1 fully saturated rings. The van der Waals surface area contributed by atoms with Gasteiger partial charge in [-0.2, -0.15) is 0 Å². The molecule has 82 valence electrons. The molecule has 2 heterocycles. The highest BCUT2D eigenvalue weighted by atomic mass is 16.5. The van der Waals surface area contributed by atoms with Gasteiger partial charge in [0.05, 0.1) is 12.3 Å². The molecule has 1 aromatic rings. The first-order valence-corrected chi connectivity index (χ1v) is 5.37. The minimum absolute atomic E-state index is 0.565. The zero-order chi connectivity index (χ0) is 10.7. The molecule has 0 saturated carbocycles. The van der Waals surface area contributed by atoms with E-state index in [0.29, 0.717) is 6.61 Å². The first kappa shape index (κ1) is 10.4. The van der Waals surface area contributed by atoms with Crippen LogP contribution in [0, 0.1) is 6.92 Å². The van der Waals surface area contributed by atoms with Crippen molar-refractivity contribution in [1.29, 1.82) is 0 Å². The summed E-state index contributed by atoms with van der Waals surface area (Å²) >= 11 is 0. The largest absolute Gasteiger partial charge is 0.378 e. The molecular weight excluding hydrogens is 190 g/mol. The van der Waals surface area contributed by atoms with E-state index in [1.165, 1.54) is 12.8 Å². The van der Waals surface area contributed by atoms with E-state index in [2.05, 4.69) is 21.8 Å². The molecule has 1 aliphatic rings. The Hall–Kier alpha value is -1.16. The number of anilines is 1. The van der Waals surface area contributed by atoms with Crippen LogP contribution in [0.4, 0.5) is 5.82 Å². The Kier molecular flexibility index (Phi) is 3.16. The van der Waals surface area contributed by atoms with Crippen molar-refractivity contribution in [2.45, 2.75) is 26.4 Å². The third-order valence-corrected chi connectivity index (χ3v) is 2.85. The molecule has 0 bridgehead atoms. The van der Waals surface area contributed by atoms with E-state index in [4.69, 9.17) is 4.74 Å². The zero-order valence-electron chi connectivity index (χ0n) is 9.36. The fourth-order valence-corrected chi connectivity index (χ4v) is 2.01. The third kappa shape index (κ3) is 2.09. The van der Waals surface area contributed by atoms with Crippen molar-refractivity contribution in [3.63, 3.8) is 0 Å². The summed E-state index contributed by atoms with van der Waals surface area (Å²) in [6.45, 7) is 4.87. The smallest absolute Gasteiger partial charge is 0.135 e. The summed E-state index contributed by atoms with van der Waals surface area (Å²) in [5.74, 6) is 1.08. The molecule has 0 aliphatic carbocycles. The summed E-state index contributed by atoms with van der Waals surface area (Å²) in [5, 5.41) is 0. The Balaban J connectivity index is 2.26. The van der Waals surface area contributed by atoms with Gasteiger partial charge in [-0.05, 0) is 19.8 Å². The van der Waals surface area contributed by atoms with Gasteiger partial charge in [0.25, 0.3) is 0 Å². The Morgan fingerprint density at radius 1 is 1.33 bits per heavy atom. The highest BCUT2D eigenvalue weighted by Crippen LogP contribution is 2.22. The molecular formula is C11H17N3O. The van der Waals surface area contributed by atoms with E-state index in [0.717, 1.165) is 30.2 Å². The lowest BCUT2D eigenvalue weighted by atomic mass is 10.2. The van der Waals surface area contributed by atoms with Crippen LogP contribution in [0.1, 0.15) is 24.1 Å². The first-order chi connectivity index (χ1) is 7.33. The molecule has 4 nitrogen and oxygen atoms in total. The maximum Gasteiger partial charge on any atom is 0.135 e. The molecule has 0 amide bonds. The molecule has 2 rings (SSSR count). The average Bonchev–Trinajstić information content (AvgIpc) is 2.74. The summed E-state index contributed by atoms with van der Waals surface area (Å²) in [6.07, 6.45) is 4.17. The minimum Gasteiger partial charge on any atom is -0.378 e. The van der Waals surface area contributed by atoms with Gasteiger partial charge in [-0.15, -0.1) is 0 Å². The standard InChI is InChI=1S/C11H17N3O/c1-9-10(7-15-2)12-8-13-11(9)14-5-3-4-6-14/h8H,3-7H2,1-2H3. The third-order valence-electron chi connectivity index (χ3n) is 2.85. The predicted octanol–water partition coefficient (Wildman–Crippen LogP) is 1.53. The topological polar surface area (TPSA) is 38.3 Å². The van der Waals surface area contributed by atoms with E-state index >= 15 is 0 Å². The first-order valence-electron chi connectivity index (χ1n) is 5.37. The van der Waals surface area contributed by atoms with Gasteiger partial charge in [0, 0.05) is 25.8 Å². The van der Waals surface area contributed by atoms with Crippen molar-refractivity contribution in [3.8, 4) is 0 Å². The fourth-order valence-electron chi connectivity index (χ4n) is 2.01. The van der Waals surface area contributed by atoms with E-state index in [-0.39, 0.29) is 0 Å². The molecule has 15 heavy (non-hydrogen) atoms. The second-order valence-electron chi connectivity index (χ2n) is 3.90. The van der Waals surface area contributed by atoms with Crippen molar-refractivity contribution in [3.05, 3.63) is 17.6 Å². The van der Waals surface area contributed by atoms with E-state index in [1.807, 2.05) is 0 Å². The Morgan fingerprint density at radius 3 is 2.73 bits per heavy atom.